The Hall–Kier alpha value is -6.01. The van der Waals surface area contributed by atoms with Crippen LogP contribution in [-0.2, 0) is 14.4 Å². The molecule has 1 atom stereocenters. The van der Waals surface area contributed by atoms with Gasteiger partial charge in [0.25, 0.3) is 11.8 Å². The molecule has 5 amide bonds. The summed E-state index contributed by atoms with van der Waals surface area (Å²) >= 11 is 5.97. The maximum atomic E-state index is 13.7. The average Bonchev–Trinajstić information content (AvgIpc) is 3.55. The van der Waals surface area contributed by atoms with Gasteiger partial charge in [0, 0.05) is 80.6 Å². The quantitative estimate of drug-likeness (QED) is 0.0636. The van der Waals surface area contributed by atoms with Crippen LogP contribution in [0.5, 0.6) is 5.75 Å². The number of piperidine rings is 2. The van der Waals surface area contributed by atoms with E-state index in [0.29, 0.717) is 58.7 Å². The number of amides is 5. The molecule has 1 aromatic heterocycles. The zero-order chi connectivity index (χ0) is 44.7. The fourth-order valence-electron chi connectivity index (χ4n) is 8.99. The molecule has 3 fully saturated rings. The van der Waals surface area contributed by atoms with Crippen LogP contribution in [0.2, 0.25) is 5.02 Å². The van der Waals surface area contributed by atoms with Crippen molar-refractivity contribution >= 4 is 74.9 Å². The van der Waals surface area contributed by atoms with Crippen molar-refractivity contribution < 1.29 is 33.1 Å². The molecule has 4 N–H and O–H groups in total. The molecule has 0 saturated carbocycles. The Bertz CT molecular complexity index is 2460. The third-order valence-corrected chi connectivity index (χ3v) is 12.7. The first-order valence-corrected chi connectivity index (χ1v) is 22.2. The second kappa shape index (κ2) is 20.2. The van der Waals surface area contributed by atoms with Gasteiger partial charge in [0.1, 0.15) is 29.8 Å². The Labute approximate surface area is 375 Å². The number of unbranched alkanes of at least 4 members (excludes halogenated alkanes) is 2. The van der Waals surface area contributed by atoms with E-state index in [1.165, 1.54) is 25.6 Å². The predicted octanol–water partition coefficient (Wildman–Crippen LogP) is 5.43. The van der Waals surface area contributed by atoms with Gasteiger partial charge in [0.05, 0.1) is 34.5 Å². The lowest BCUT2D eigenvalue weighted by Gasteiger charge is -2.42. The summed E-state index contributed by atoms with van der Waals surface area (Å²) in [5, 5.41) is 12.3. The molecule has 4 aliphatic heterocycles. The molecule has 8 rings (SSSR count). The monoisotopic (exact) mass is 894 g/mol. The summed E-state index contributed by atoms with van der Waals surface area (Å²) in [6, 6.07) is 12.5. The Kier molecular flexibility index (Phi) is 14.1. The highest BCUT2D eigenvalue weighted by Gasteiger charge is 2.45. The molecule has 3 saturated heterocycles. The molecule has 4 aliphatic rings. The van der Waals surface area contributed by atoms with Crippen molar-refractivity contribution in [2.75, 3.05) is 82.0 Å². The van der Waals surface area contributed by atoms with Gasteiger partial charge in [-0.1, -0.05) is 30.2 Å². The molecule has 5 heterocycles. The van der Waals surface area contributed by atoms with Crippen LogP contribution in [0.1, 0.15) is 65.7 Å². The Morgan fingerprint density at radius 3 is 2.50 bits per heavy atom. The van der Waals surface area contributed by atoms with Crippen LogP contribution in [-0.4, -0.2) is 137 Å². The summed E-state index contributed by atoms with van der Waals surface area (Å²) in [7, 11) is 1.53. The van der Waals surface area contributed by atoms with Crippen LogP contribution in [0, 0.1) is 5.82 Å². The summed E-state index contributed by atoms with van der Waals surface area (Å²) in [6.45, 7) is 8.49. The van der Waals surface area contributed by atoms with Crippen molar-refractivity contribution in [2.24, 2.45) is 0 Å². The smallest absolute Gasteiger partial charge is 0.264 e. The molecule has 64 heavy (non-hydrogen) atoms. The normalized spacial score (nSPS) is 19.0. The van der Waals surface area contributed by atoms with Crippen molar-refractivity contribution in [3.05, 3.63) is 89.0 Å². The van der Waals surface area contributed by atoms with Gasteiger partial charge >= 0.3 is 0 Å². The summed E-state index contributed by atoms with van der Waals surface area (Å²) in [5.41, 5.74) is 2.76. The number of anilines is 4. The van der Waals surface area contributed by atoms with E-state index in [2.05, 4.69) is 45.9 Å². The molecular weight excluding hydrogens is 843 g/mol. The van der Waals surface area contributed by atoms with E-state index in [9.17, 15) is 28.4 Å². The van der Waals surface area contributed by atoms with Crippen LogP contribution >= 0.6 is 11.6 Å². The van der Waals surface area contributed by atoms with Crippen molar-refractivity contribution in [3.63, 3.8) is 0 Å². The molecular formula is C46H52ClFN10O6. The van der Waals surface area contributed by atoms with Crippen LogP contribution in [0.4, 0.5) is 27.3 Å². The third-order valence-electron chi connectivity index (χ3n) is 12.4. The van der Waals surface area contributed by atoms with Crippen molar-refractivity contribution in [3.8, 4) is 5.75 Å². The molecule has 18 heteroatoms. The molecule has 0 radical (unpaired) electrons. The van der Waals surface area contributed by atoms with Gasteiger partial charge in [0.15, 0.2) is 0 Å². The first-order valence-electron chi connectivity index (χ1n) is 21.9. The lowest BCUT2D eigenvalue weighted by Crippen LogP contribution is -2.54. The number of methoxy groups -OCH3 is 1. The first-order chi connectivity index (χ1) is 31.1. The maximum absolute atomic E-state index is 13.7. The number of piperazine rings is 1. The molecule has 0 aliphatic carbocycles. The van der Waals surface area contributed by atoms with Gasteiger partial charge in [-0.05, 0) is 88.1 Å². The van der Waals surface area contributed by atoms with Crippen molar-refractivity contribution in [1.29, 1.82) is 0 Å². The number of likely N-dealkylation sites (tertiary alicyclic amines) is 1. The van der Waals surface area contributed by atoms with E-state index in [-0.39, 0.29) is 34.9 Å². The summed E-state index contributed by atoms with van der Waals surface area (Å²) in [5.74, 6) is -1.91. The number of ether oxygens (including phenoxy) is 1. The van der Waals surface area contributed by atoms with Gasteiger partial charge in [-0.3, -0.25) is 44.0 Å². The minimum Gasteiger partial charge on any atom is -0.494 e. The molecule has 336 valence electrons. The fraction of sp³-hybridized carbons (Fsp3) is 0.413. The van der Waals surface area contributed by atoms with E-state index in [0.717, 1.165) is 82.8 Å². The molecule has 0 spiro atoms. The lowest BCUT2D eigenvalue weighted by atomic mass is 10.0. The number of hydrogen-bond acceptors (Lipinski definition) is 13. The number of fused-ring (bicyclic) bond motifs is 2. The van der Waals surface area contributed by atoms with Crippen molar-refractivity contribution in [1.82, 2.24) is 34.9 Å². The Morgan fingerprint density at radius 2 is 1.73 bits per heavy atom. The third kappa shape index (κ3) is 10.2. The summed E-state index contributed by atoms with van der Waals surface area (Å²) in [4.78, 5) is 80.8. The molecule has 0 bridgehead atoms. The van der Waals surface area contributed by atoms with Gasteiger partial charge in [0.2, 0.25) is 17.7 Å². The van der Waals surface area contributed by atoms with E-state index in [1.807, 2.05) is 6.08 Å². The van der Waals surface area contributed by atoms with Crippen molar-refractivity contribution in [2.45, 2.75) is 57.0 Å². The largest absolute Gasteiger partial charge is 0.494 e. The highest BCUT2D eigenvalue weighted by Crippen LogP contribution is 2.35. The lowest BCUT2D eigenvalue weighted by molar-refractivity contribution is -0.136. The summed E-state index contributed by atoms with van der Waals surface area (Å²) < 4.78 is 19.3. The highest BCUT2D eigenvalue weighted by atomic mass is 35.5. The number of nitrogens with zero attached hydrogens (tertiary/aromatic N) is 6. The van der Waals surface area contributed by atoms with Crippen LogP contribution in [0.3, 0.4) is 0 Å². The Morgan fingerprint density at radius 1 is 0.922 bits per heavy atom. The molecule has 3 aromatic carbocycles. The number of imide groups is 2. The van der Waals surface area contributed by atoms with E-state index < -0.39 is 35.5 Å². The van der Waals surface area contributed by atoms with Crippen LogP contribution in [0.15, 0.2) is 67.0 Å². The number of benzene rings is 3. The number of halogens is 2. The van der Waals surface area contributed by atoms with Gasteiger partial charge in [-0.25, -0.2) is 14.4 Å². The maximum Gasteiger partial charge on any atom is 0.264 e. The minimum absolute atomic E-state index is 0.0162. The standard InChI is InChI=1S/C46H52ClFN10O6/c1-64-39-27-36-32(43(51-28-50-36)52-29-10-11-34(48)33(47)25-29)26-37(39)53-40(59)9-6-18-55-19-14-30(15-20-55)57-23-21-56(22-24-57)17-4-2-3-16-49-35-8-5-7-31-42(35)46(63)58(45(31)62)38-12-13-41(60)54-44(38)61/h5-11,25-28,30,38,49H,2-4,12-24H2,1H3,(H,53,59)(H,50,51,52)(H,54,60,61)/b9-6+. The second-order valence-corrected chi connectivity index (χ2v) is 16.9. The number of nitrogens with one attached hydrogen (secondary N) is 4. The van der Waals surface area contributed by atoms with Crippen LogP contribution < -0.4 is 26.0 Å². The zero-order valence-electron chi connectivity index (χ0n) is 35.7. The SMILES string of the molecule is COc1cc2ncnc(Nc3ccc(F)c(Cl)c3)c2cc1NC(=O)/C=C/CN1CCC(N2CCN(CCCCCNc3cccc4c3C(=O)N(C3CCC(=O)NC3=O)C4=O)CC2)CC1. The number of aromatic nitrogens is 2. The van der Waals surface area contributed by atoms with Crippen LogP contribution in [0.25, 0.3) is 10.9 Å². The highest BCUT2D eigenvalue weighted by molar-refractivity contribution is 6.31. The Balaban J connectivity index is 0.721. The fourth-order valence-corrected chi connectivity index (χ4v) is 9.17. The van der Waals surface area contributed by atoms with E-state index in [1.54, 1.807) is 42.5 Å². The molecule has 1 unspecified atom stereocenters. The first kappa shape index (κ1) is 44.6. The van der Waals surface area contributed by atoms with Gasteiger partial charge < -0.3 is 25.6 Å². The van der Waals surface area contributed by atoms with Gasteiger partial charge in [-0.2, -0.15) is 0 Å². The topological polar surface area (TPSA) is 181 Å². The molecule has 4 aromatic rings. The predicted molar refractivity (Wildman–Crippen MR) is 241 cm³/mol. The second-order valence-electron chi connectivity index (χ2n) is 16.5. The number of carbonyl (C=O) groups is 5. The van der Waals surface area contributed by atoms with Gasteiger partial charge in [-0.15, -0.1) is 0 Å². The van der Waals surface area contributed by atoms with E-state index in [4.69, 9.17) is 16.3 Å². The summed E-state index contributed by atoms with van der Waals surface area (Å²) in [6.07, 6.45) is 10.2. The minimum atomic E-state index is -0.985. The van der Waals surface area contributed by atoms with E-state index >= 15 is 0 Å². The average molecular weight is 895 g/mol. The number of carbonyl (C=O) groups excluding carboxylic acids is 5. The number of rotatable bonds is 16. The zero-order valence-corrected chi connectivity index (χ0v) is 36.5. The number of hydrogen-bond donors (Lipinski definition) is 4. The molecule has 16 nitrogen and oxygen atoms in total.